The lowest BCUT2D eigenvalue weighted by molar-refractivity contribution is -0.123. The van der Waals surface area contributed by atoms with E-state index in [1.165, 1.54) is 19.4 Å². The molecule has 0 aliphatic rings. The normalized spacial score (nSPS) is 12.0. The SMILES string of the molecule is C[C@@H](C(=O)N/N=C\c1ccc(OCC(=O)NCc2ccco2)cc1)N(c1ccc(Oc2ccccc2)cc1)S(C)(=O)=O. The number of ether oxygens (including phenoxy) is 2. The molecule has 0 spiro atoms. The smallest absolute Gasteiger partial charge is 0.263 e. The van der Waals surface area contributed by atoms with Gasteiger partial charge in [-0.25, -0.2) is 13.8 Å². The van der Waals surface area contributed by atoms with Crippen LogP contribution in [0.3, 0.4) is 0 Å². The summed E-state index contributed by atoms with van der Waals surface area (Å²) in [5, 5.41) is 6.64. The number of nitrogens with zero attached hydrogens (tertiary/aromatic N) is 2. The summed E-state index contributed by atoms with van der Waals surface area (Å²) in [6, 6.07) is 24.7. The lowest BCUT2D eigenvalue weighted by Crippen LogP contribution is -2.46. The molecule has 0 fully saturated rings. The van der Waals surface area contributed by atoms with Crippen molar-refractivity contribution in [1.29, 1.82) is 0 Å². The molecule has 0 radical (unpaired) electrons. The van der Waals surface area contributed by atoms with Gasteiger partial charge in [0, 0.05) is 0 Å². The van der Waals surface area contributed by atoms with Gasteiger partial charge < -0.3 is 19.2 Å². The predicted molar refractivity (Wildman–Crippen MR) is 158 cm³/mol. The number of carbonyl (C=O) groups is 2. The van der Waals surface area contributed by atoms with E-state index >= 15 is 0 Å². The van der Waals surface area contributed by atoms with Gasteiger partial charge in [0.1, 0.15) is 29.1 Å². The van der Waals surface area contributed by atoms with E-state index in [-0.39, 0.29) is 19.1 Å². The van der Waals surface area contributed by atoms with Crippen LogP contribution >= 0.6 is 0 Å². The second kappa shape index (κ2) is 14.0. The summed E-state index contributed by atoms with van der Waals surface area (Å²) in [6.07, 6.45) is 3.97. The van der Waals surface area contributed by atoms with Crippen molar-refractivity contribution in [3.63, 3.8) is 0 Å². The molecule has 42 heavy (non-hydrogen) atoms. The van der Waals surface area contributed by atoms with Crippen molar-refractivity contribution < 1.29 is 31.9 Å². The fraction of sp³-hybridized carbons (Fsp3) is 0.167. The molecule has 0 saturated carbocycles. The van der Waals surface area contributed by atoms with Gasteiger partial charge in [-0.3, -0.25) is 13.9 Å². The number of rotatable bonds is 13. The highest BCUT2D eigenvalue weighted by molar-refractivity contribution is 7.92. The Hall–Kier alpha value is -5.10. The predicted octanol–water partition coefficient (Wildman–Crippen LogP) is 4.07. The van der Waals surface area contributed by atoms with E-state index in [4.69, 9.17) is 13.9 Å². The first-order chi connectivity index (χ1) is 20.2. The van der Waals surface area contributed by atoms with Crippen molar-refractivity contribution in [3.8, 4) is 17.2 Å². The molecule has 1 heterocycles. The van der Waals surface area contributed by atoms with Crippen molar-refractivity contribution >= 4 is 33.7 Å². The first-order valence-corrected chi connectivity index (χ1v) is 14.7. The Morgan fingerprint density at radius 2 is 1.60 bits per heavy atom. The van der Waals surface area contributed by atoms with Crippen LogP contribution in [0.25, 0.3) is 0 Å². The van der Waals surface area contributed by atoms with Gasteiger partial charge in [0.25, 0.3) is 11.8 Å². The number of hydrogen-bond donors (Lipinski definition) is 2. The van der Waals surface area contributed by atoms with Crippen LogP contribution in [-0.4, -0.2) is 45.4 Å². The van der Waals surface area contributed by atoms with Crippen LogP contribution in [0.15, 0.2) is 107 Å². The molecule has 0 unspecified atom stereocenters. The van der Waals surface area contributed by atoms with E-state index in [0.29, 0.717) is 34.3 Å². The van der Waals surface area contributed by atoms with Crippen LogP contribution < -0.4 is 24.5 Å². The Kier molecular flexibility index (Phi) is 9.95. The van der Waals surface area contributed by atoms with Crippen LogP contribution in [0.2, 0.25) is 0 Å². The Bertz CT molecular complexity index is 1590. The average Bonchev–Trinajstić information content (AvgIpc) is 3.50. The maximum Gasteiger partial charge on any atom is 0.263 e. The van der Waals surface area contributed by atoms with Crippen LogP contribution in [0.1, 0.15) is 18.2 Å². The number of nitrogens with one attached hydrogen (secondary N) is 2. The number of carbonyl (C=O) groups excluding carboxylic acids is 2. The number of anilines is 1. The maximum absolute atomic E-state index is 12.8. The standard InChI is InChI=1S/C30H30N4O7S/c1-22(34(42(2,37)38)24-12-16-27(17-13-24)41-26-7-4-3-5-8-26)30(36)33-32-19-23-10-14-25(15-11-23)40-21-29(35)31-20-28-9-6-18-39-28/h3-19,22H,20-21H2,1-2H3,(H,31,35)(H,33,36)/b32-19-/t22-/m0/s1. The zero-order valence-corrected chi connectivity index (χ0v) is 23.8. The van der Waals surface area contributed by atoms with Crippen molar-refractivity contribution in [2.75, 3.05) is 17.2 Å². The van der Waals surface area contributed by atoms with E-state index in [1.54, 1.807) is 72.8 Å². The molecule has 0 aliphatic carbocycles. The van der Waals surface area contributed by atoms with Gasteiger partial charge in [0.05, 0.1) is 31.0 Å². The van der Waals surface area contributed by atoms with Crippen molar-refractivity contribution in [1.82, 2.24) is 10.7 Å². The van der Waals surface area contributed by atoms with Crippen molar-refractivity contribution in [2.45, 2.75) is 19.5 Å². The van der Waals surface area contributed by atoms with Crippen molar-refractivity contribution in [3.05, 3.63) is 109 Å². The number of hydrazone groups is 1. The monoisotopic (exact) mass is 590 g/mol. The highest BCUT2D eigenvalue weighted by Crippen LogP contribution is 2.27. The third kappa shape index (κ3) is 8.70. The van der Waals surface area contributed by atoms with Gasteiger partial charge in [-0.15, -0.1) is 0 Å². The largest absolute Gasteiger partial charge is 0.484 e. The molecular formula is C30H30N4O7S. The fourth-order valence-electron chi connectivity index (χ4n) is 3.81. The summed E-state index contributed by atoms with van der Waals surface area (Å²) in [4.78, 5) is 24.8. The topological polar surface area (TPSA) is 140 Å². The molecule has 218 valence electrons. The van der Waals surface area contributed by atoms with Gasteiger partial charge in [0.15, 0.2) is 6.61 Å². The number of benzene rings is 3. The fourth-order valence-corrected chi connectivity index (χ4v) is 4.98. The van der Waals surface area contributed by atoms with Crippen LogP contribution in [0, 0.1) is 0 Å². The minimum atomic E-state index is -3.81. The minimum absolute atomic E-state index is 0.165. The summed E-state index contributed by atoms with van der Waals surface area (Å²) in [6.45, 7) is 1.58. The van der Waals surface area contributed by atoms with E-state index in [2.05, 4.69) is 15.8 Å². The first-order valence-electron chi connectivity index (χ1n) is 12.9. The molecule has 3 aromatic carbocycles. The molecule has 1 atom stereocenters. The summed E-state index contributed by atoms with van der Waals surface area (Å²) in [7, 11) is -3.81. The zero-order valence-electron chi connectivity index (χ0n) is 23.0. The minimum Gasteiger partial charge on any atom is -0.484 e. The van der Waals surface area contributed by atoms with E-state index in [0.717, 1.165) is 10.6 Å². The lowest BCUT2D eigenvalue weighted by Gasteiger charge is -2.27. The van der Waals surface area contributed by atoms with Gasteiger partial charge >= 0.3 is 0 Å². The molecule has 2 amide bonds. The van der Waals surface area contributed by atoms with E-state index in [1.807, 2.05) is 18.2 Å². The number of sulfonamides is 1. The molecule has 4 aromatic rings. The molecule has 1 aromatic heterocycles. The van der Waals surface area contributed by atoms with Gasteiger partial charge in [-0.1, -0.05) is 18.2 Å². The quantitative estimate of drug-likeness (QED) is 0.177. The molecule has 2 N–H and O–H groups in total. The Balaban J connectivity index is 1.29. The van der Waals surface area contributed by atoms with Crippen LogP contribution in [0.4, 0.5) is 5.69 Å². The molecule has 12 heteroatoms. The Labute approximate surface area is 243 Å². The third-order valence-electron chi connectivity index (χ3n) is 5.84. The lowest BCUT2D eigenvalue weighted by atomic mass is 10.2. The third-order valence-corrected chi connectivity index (χ3v) is 7.08. The Morgan fingerprint density at radius 3 is 2.24 bits per heavy atom. The van der Waals surface area contributed by atoms with Crippen LogP contribution in [0.5, 0.6) is 17.2 Å². The molecule has 0 saturated heterocycles. The molecule has 4 rings (SSSR count). The zero-order chi connectivity index (χ0) is 30.0. The second-order valence-electron chi connectivity index (χ2n) is 9.09. The van der Waals surface area contributed by atoms with Crippen molar-refractivity contribution in [2.24, 2.45) is 5.10 Å². The molecule has 0 aliphatic heterocycles. The molecular weight excluding hydrogens is 560 g/mol. The van der Waals surface area contributed by atoms with Crippen LogP contribution in [-0.2, 0) is 26.2 Å². The summed E-state index contributed by atoms with van der Waals surface area (Å²) >= 11 is 0. The maximum atomic E-state index is 12.8. The summed E-state index contributed by atoms with van der Waals surface area (Å²) < 4.78 is 42.6. The number of amides is 2. The second-order valence-corrected chi connectivity index (χ2v) is 11.0. The summed E-state index contributed by atoms with van der Waals surface area (Å²) in [5.41, 5.74) is 3.33. The number of furan rings is 1. The highest BCUT2D eigenvalue weighted by atomic mass is 32.2. The summed E-state index contributed by atoms with van der Waals surface area (Å²) in [5.74, 6) is 1.35. The highest BCUT2D eigenvalue weighted by Gasteiger charge is 2.29. The first kappa shape index (κ1) is 29.9. The average molecular weight is 591 g/mol. The molecule has 11 nitrogen and oxygen atoms in total. The number of hydrogen-bond acceptors (Lipinski definition) is 8. The van der Waals surface area contributed by atoms with E-state index < -0.39 is 22.0 Å². The van der Waals surface area contributed by atoms with Gasteiger partial charge in [-0.05, 0) is 85.3 Å². The Morgan fingerprint density at radius 1 is 0.929 bits per heavy atom. The van der Waals surface area contributed by atoms with Gasteiger partial charge in [-0.2, -0.15) is 5.10 Å². The van der Waals surface area contributed by atoms with E-state index in [9.17, 15) is 18.0 Å². The molecule has 0 bridgehead atoms. The number of para-hydroxylation sites is 1. The van der Waals surface area contributed by atoms with Gasteiger partial charge in [0.2, 0.25) is 10.0 Å².